The molecule has 0 fully saturated rings. The Kier molecular flexibility index (Phi) is 6.86. The normalized spacial score (nSPS) is 10.3. The highest BCUT2D eigenvalue weighted by Crippen LogP contribution is 2.25. The number of amides is 2. The topological polar surface area (TPSA) is 76.7 Å². The van der Waals surface area contributed by atoms with Crippen molar-refractivity contribution in [2.24, 2.45) is 0 Å². The van der Waals surface area contributed by atoms with E-state index in [9.17, 15) is 9.59 Å². The van der Waals surface area contributed by atoms with Gasteiger partial charge in [-0.2, -0.15) is 0 Å². The molecule has 0 radical (unpaired) electrons. The van der Waals surface area contributed by atoms with Crippen LogP contribution in [-0.2, 0) is 11.3 Å². The zero-order chi connectivity index (χ0) is 20.6. The summed E-state index contributed by atoms with van der Waals surface area (Å²) in [5.74, 6) is 1.88. The van der Waals surface area contributed by atoms with Gasteiger partial charge >= 0.3 is 0 Å². The van der Waals surface area contributed by atoms with E-state index in [1.165, 1.54) is 18.3 Å². The van der Waals surface area contributed by atoms with E-state index in [2.05, 4.69) is 10.6 Å². The van der Waals surface area contributed by atoms with Crippen LogP contribution in [0.5, 0.6) is 17.2 Å². The first-order chi connectivity index (χ1) is 14.0. The molecule has 1 aromatic heterocycles. The van der Waals surface area contributed by atoms with Crippen molar-refractivity contribution in [1.82, 2.24) is 5.32 Å². The summed E-state index contributed by atoms with van der Waals surface area (Å²) in [5, 5.41) is 5.58. The van der Waals surface area contributed by atoms with Crippen LogP contribution in [0.15, 0.2) is 60.7 Å². The van der Waals surface area contributed by atoms with Gasteiger partial charge in [-0.1, -0.05) is 0 Å². The molecule has 1 heterocycles. The molecule has 2 N–H and O–H groups in total. The lowest BCUT2D eigenvalue weighted by Crippen LogP contribution is -2.18. The van der Waals surface area contributed by atoms with Gasteiger partial charge in [0.15, 0.2) is 0 Å². The van der Waals surface area contributed by atoms with Crippen LogP contribution in [0.4, 0.5) is 5.69 Å². The first-order valence-electron chi connectivity index (χ1n) is 9.19. The van der Waals surface area contributed by atoms with E-state index in [0.717, 1.165) is 10.6 Å². The minimum Gasteiger partial charge on any atom is -0.494 e. The van der Waals surface area contributed by atoms with Crippen LogP contribution in [-0.4, -0.2) is 18.4 Å². The number of carbonyl (C=O) groups is 2. The SMILES string of the molecule is CCOc1ccc(Oc2ccc(NC(=O)c3ccc(CNC(C)=O)s3)cc2)cc1. The van der Waals surface area contributed by atoms with Gasteiger partial charge in [-0.15, -0.1) is 11.3 Å². The third-order valence-electron chi connectivity index (χ3n) is 3.88. The molecule has 2 aromatic carbocycles. The summed E-state index contributed by atoms with van der Waals surface area (Å²) < 4.78 is 11.2. The third-order valence-corrected chi connectivity index (χ3v) is 4.96. The van der Waals surface area contributed by atoms with E-state index in [1.807, 2.05) is 37.3 Å². The second-order valence-electron chi connectivity index (χ2n) is 6.16. The van der Waals surface area contributed by atoms with E-state index in [1.54, 1.807) is 30.3 Å². The summed E-state index contributed by atoms with van der Waals surface area (Å²) in [6.45, 7) is 4.44. The Labute approximate surface area is 173 Å². The molecule has 0 saturated carbocycles. The number of thiophene rings is 1. The average molecular weight is 410 g/mol. The lowest BCUT2D eigenvalue weighted by atomic mass is 10.3. The lowest BCUT2D eigenvalue weighted by Gasteiger charge is -2.09. The molecule has 6 nitrogen and oxygen atoms in total. The van der Waals surface area contributed by atoms with E-state index < -0.39 is 0 Å². The minimum atomic E-state index is -0.191. The van der Waals surface area contributed by atoms with E-state index >= 15 is 0 Å². The summed E-state index contributed by atoms with van der Waals surface area (Å²) in [4.78, 5) is 24.9. The summed E-state index contributed by atoms with van der Waals surface area (Å²) in [6, 6.07) is 18.1. The highest BCUT2D eigenvalue weighted by Gasteiger charge is 2.10. The molecule has 0 atom stereocenters. The van der Waals surface area contributed by atoms with Crippen LogP contribution in [0.3, 0.4) is 0 Å². The Balaban J connectivity index is 1.56. The lowest BCUT2D eigenvalue weighted by molar-refractivity contribution is -0.119. The van der Waals surface area contributed by atoms with Crippen molar-refractivity contribution < 1.29 is 19.1 Å². The second kappa shape index (κ2) is 9.75. The summed E-state index contributed by atoms with van der Waals surface area (Å²) in [7, 11) is 0. The van der Waals surface area contributed by atoms with Crippen LogP contribution >= 0.6 is 11.3 Å². The van der Waals surface area contributed by atoms with Gasteiger partial charge in [0.05, 0.1) is 18.0 Å². The molecular weight excluding hydrogens is 388 g/mol. The fourth-order valence-electron chi connectivity index (χ4n) is 2.51. The van der Waals surface area contributed by atoms with Gasteiger partial charge in [-0.25, -0.2) is 0 Å². The van der Waals surface area contributed by atoms with Crippen molar-refractivity contribution in [3.63, 3.8) is 0 Å². The maximum absolute atomic E-state index is 12.4. The molecule has 3 aromatic rings. The first-order valence-corrected chi connectivity index (χ1v) is 10.0. The molecular formula is C22H22N2O4S. The van der Waals surface area contributed by atoms with E-state index in [0.29, 0.717) is 35.2 Å². The van der Waals surface area contributed by atoms with Crippen molar-refractivity contribution in [3.8, 4) is 17.2 Å². The zero-order valence-corrected chi connectivity index (χ0v) is 17.0. The molecule has 0 aliphatic carbocycles. The molecule has 0 bridgehead atoms. The van der Waals surface area contributed by atoms with E-state index in [-0.39, 0.29) is 11.8 Å². The molecule has 3 rings (SSSR count). The number of anilines is 1. The van der Waals surface area contributed by atoms with Gasteiger partial charge in [0.1, 0.15) is 17.2 Å². The van der Waals surface area contributed by atoms with Crippen LogP contribution < -0.4 is 20.1 Å². The van der Waals surface area contributed by atoms with Gasteiger partial charge in [0.25, 0.3) is 5.91 Å². The Hall–Kier alpha value is -3.32. The summed E-state index contributed by atoms with van der Waals surface area (Å²) in [6.07, 6.45) is 0. The second-order valence-corrected chi connectivity index (χ2v) is 7.33. The minimum absolute atomic E-state index is 0.100. The molecule has 2 amide bonds. The van der Waals surface area contributed by atoms with E-state index in [4.69, 9.17) is 9.47 Å². The molecule has 0 unspecified atom stereocenters. The Bertz CT molecular complexity index is 965. The summed E-state index contributed by atoms with van der Waals surface area (Å²) in [5.41, 5.74) is 0.672. The first kappa shape index (κ1) is 20.4. The van der Waals surface area contributed by atoms with Gasteiger partial charge in [0, 0.05) is 17.5 Å². The molecule has 150 valence electrons. The molecule has 29 heavy (non-hydrogen) atoms. The van der Waals surface area contributed by atoms with Crippen LogP contribution in [0, 0.1) is 0 Å². The predicted molar refractivity (Wildman–Crippen MR) is 114 cm³/mol. The monoisotopic (exact) mass is 410 g/mol. The quantitative estimate of drug-likeness (QED) is 0.558. The Morgan fingerprint density at radius 2 is 1.52 bits per heavy atom. The Morgan fingerprint density at radius 1 is 0.897 bits per heavy atom. The number of nitrogens with one attached hydrogen (secondary N) is 2. The summed E-state index contributed by atoms with van der Waals surface area (Å²) >= 11 is 1.35. The van der Waals surface area contributed by atoms with Crippen molar-refractivity contribution in [3.05, 3.63) is 70.4 Å². The number of rotatable bonds is 8. The van der Waals surface area contributed by atoms with Gasteiger partial charge in [-0.3, -0.25) is 9.59 Å². The molecule has 0 spiro atoms. The molecule has 7 heteroatoms. The standard InChI is InChI=1S/C22H22N2O4S/c1-3-27-17-8-10-19(11-9-17)28-18-6-4-16(5-7-18)24-22(26)21-13-12-20(29-21)14-23-15(2)25/h4-13H,3,14H2,1-2H3,(H,23,25)(H,24,26). The number of benzene rings is 2. The molecule has 0 aliphatic heterocycles. The van der Waals surface area contributed by atoms with Crippen LogP contribution in [0.2, 0.25) is 0 Å². The Morgan fingerprint density at radius 3 is 2.14 bits per heavy atom. The number of ether oxygens (including phenoxy) is 2. The van der Waals surface area contributed by atoms with Crippen molar-refractivity contribution in [2.45, 2.75) is 20.4 Å². The highest BCUT2D eigenvalue weighted by atomic mass is 32.1. The van der Waals surface area contributed by atoms with Crippen molar-refractivity contribution in [1.29, 1.82) is 0 Å². The smallest absolute Gasteiger partial charge is 0.265 e. The number of hydrogen-bond acceptors (Lipinski definition) is 5. The van der Waals surface area contributed by atoms with Crippen LogP contribution in [0.25, 0.3) is 0 Å². The van der Waals surface area contributed by atoms with Crippen LogP contribution in [0.1, 0.15) is 28.4 Å². The maximum atomic E-state index is 12.4. The third kappa shape index (κ3) is 6.08. The molecule has 0 aliphatic rings. The number of hydrogen-bond donors (Lipinski definition) is 2. The fraction of sp³-hybridized carbons (Fsp3) is 0.182. The fourth-order valence-corrected chi connectivity index (χ4v) is 3.35. The van der Waals surface area contributed by atoms with Gasteiger partial charge < -0.3 is 20.1 Å². The highest BCUT2D eigenvalue weighted by molar-refractivity contribution is 7.14. The van der Waals surface area contributed by atoms with Gasteiger partial charge in [-0.05, 0) is 67.6 Å². The van der Waals surface area contributed by atoms with Crippen molar-refractivity contribution in [2.75, 3.05) is 11.9 Å². The van der Waals surface area contributed by atoms with Crippen molar-refractivity contribution >= 4 is 28.8 Å². The predicted octanol–water partition coefficient (Wildman–Crippen LogP) is 4.83. The maximum Gasteiger partial charge on any atom is 0.265 e. The average Bonchev–Trinajstić information content (AvgIpc) is 3.19. The zero-order valence-electron chi connectivity index (χ0n) is 16.2. The largest absolute Gasteiger partial charge is 0.494 e. The van der Waals surface area contributed by atoms with Gasteiger partial charge in [0.2, 0.25) is 5.91 Å². The molecule has 0 saturated heterocycles. The number of carbonyl (C=O) groups excluding carboxylic acids is 2.